The van der Waals surface area contributed by atoms with E-state index in [0.717, 1.165) is 5.69 Å². The van der Waals surface area contributed by atoms with Gasteiger partial charge in [-0.2, -0.15) is 0 Å². The molecule has 138 valence electrons. The molecular formula is C17H18Cl2N4O3. The van der Waals surface area contributed by atoms with Crippen molar-refractivity contribution >= 4 is 35.2 Å². The number of ether oxygens (including phenoxy) is 1. The van der Waals surface area contributed by atoms with Gasteiger partial charge in [0, 0.05) is 24.2 Å². The number of hydrogen-bond acceptors (Lipinski definition) is 4. The van der Waals surface area contributed by atoms with Gasteiger partial charge in [0.2, 0.25) is 0 Å². The number of methoxy groups -OCH3 is 1. The minimum absolute atomic E-state index is 0.369. The number of halogens is 2. The first-order valence-electron chi connectivity index (χ1n) is 8.05. The Morgan fingerprint density at radius 1 is 1.42 bits per heavy atom. The minimum Gasteiger partial charge on any atom is -0.467 e. The fourth-order valence-electron chi connectivity index (χ4n) is 3.05. The lowest BCUT2D eigenvalue weighted by Crippen LogP contribution is -2.50. The zero-order valence-electron chi connectivity index (χ0n) is 14.3. The van der Waals surface area contributed by atoms with Crippen LogP contribution in [-0.4, -0.2) is 46.6 Å². The number of amides is 2. The summed E-state index contributed by atoms with van der Waals surface area (Å²) in [5.74, 6) is -0.520. The number of fused-ring (bicyclic) bond motifs is 1. The van der Waals surface area contributed by atoms with Gasteiger partial charge in [0.1, 0.15) is 12.1 Å². The van der Waals surface area contributed by atoms with Gasteiger partial charge >= 0.3 is 12.0 Å². The van der Waals surface area contributed by atoms with E-state index in [1.807, 2.05) is 6.07 Å². The monoisotopic (exact) mass is 396 g/mol. The first-order valence-corrected chi connectivity index (χ1v) is 8.80. The summed E-state index contributed by atoms with van der Waals surface area (Å²) in [6.45, 7) is 2.00. The summed E-state index contributed by atoms with van der Waals surface area (Å²) in [5.41, 5.74) is 2.32. The summed E-state index contributed by atoms with van der Waals surface area (Å²) in [4.78, 5) is 33.5. The topological polar surface area (TPSA) is 87.3 Å². The Bertz CT molecular complexity index is 839. The van der Waals surface area contributed by atoms with Crippen molar-refractivity contribution in [3.8, 4) is 0 Å². The fraction of sp³-hybridized carbons (Fsp3) is 0.353. The molecule has 0 saturated carbocycles. The average Bonchev–Trinajstić information content (AvgIpc) is 3.11. The number of nitrogens with one attached hydrogen (secondary N) is 2. The summed E-state index contributed by atoms with van der Waals surface area (Å²) in [7, 11) is 1.27. The molecule has 0 aliphatic carbocycles. The number of imidazole rings is 1. The van der Waals surface area contributed by atoms with Crippen molar-refractivity contribution < 1.29 is 14.3 Å². The van der Waals surface area contributed by atoms with Crippen molar-refractivity contribution in [1.82, 2.24) is 20.2 Å². The van der Waals surface area contributed by atoms with Crippen LogP contribution in [0.15, 0.2) is 24.5 Å². The maximum absolute atomic E-state index is 12.8. The molecule has 2 amide bonds. The average molecular weight is 397 g/mol. The molecule has 0 unspecified atom stereocenters. The predicted molar refractivity (Wildman–Crippen MR) is 97.3 cm³/mol. The highest BCUT2D eigenvalue weighted by Crippen LogP contribution is 2.39. The van der Waals surface area contributed by atoms with Crippen LogP contribution in [0.3, 0.4) is 0 Å². The van der Waals surface area contributed by atoms with Crippen LogP contribution in [0.1, 0.15) is 29.9 Å². The second-order valence-electron chi connectivity index (χ2n) is 5.95. The van der Waals surface area contributed by atoms with Crippen LogP contribution in [0, 0.1) is 0 Å². The quantitative estimate of drug-likeness (QED) is 0.780. The molecule has 0 bridgehead atoms. The Kier molecular flexibility index (Phi) is 5.38. The second-order valence-corrected chi connectivity index (χ2v) is 6.73. The third-order valence-corrected chi connectivity index (χ3v) is 5.19. The van der Waals surface area contributed by atoms with E-state index in [9.17, 15) is 9.59 Å². The zero-order valence-corrected chi connectivity index (χ0v) is 15.8. The van der Waals surface area contributed by atoms with Crippen LogP contribution in [0.2, 0.25) is 10.0 Å². The summed E-state index contributed by atoms with van der Waals surface area (Å²) in [5, 5.41) is 3.42. The summed E-state index contributed by atoms with van der Waals surface area (Å²) >= 11 is 12.6. The van der Waals surface area contributed by atoms with Gasteiger partial charge in [0.25, 0.3) is 0 Å². The Hall–Kier alpha value is -2.25. The van der Waals surface area contributed by atoms with Gasteiger partial charge in [0.15, 0.2) is 0 Å². The number of rotatable bonds is 3. The van der Waals surface area contributed by atoms with E-state index >= 15 is 0 Å². The lowest BCUT2D eigenvalue weighted by molar-refractivity contribution is -0.142. The molecule has 7 nitrogen and oxygen atoms in total. The van der Waals surface area contributed by atoms with Crippen molar-refractivity contribution in [2.24, 2.45) is 0 Å². The normalized spacial score (nSPS) is 17.4. The SMILES string of the molecule is COC(=O)[C@H](C)NC(=O)N1CCc2[nH]cnc2[C@@H]1c1cccc(Cl)c1Cl. The number of carbonyl (C=O) groups excluding carboxylic acids is 2. The fourth-order valence-corrected chi connectivity index (χ4v) is 3.46. The molecule has 2 atom stereocenters. The number of benzene rings is 1. The third-order valence-electron chi connectivity index (χ3n) is 4.36. The van der Waals surface area contributed by atoms with Crippen molar-refractivity contribution in [2.45, 2.75) is 25.4 Å². The number of H-pyrrole nitrogens is 1. The van der Waals surface area contributed by atoms with Gasteiger partial charge < -0.3 is 19.9 Å². The van der Waals surface area contributed by atoms with Gasteiger partial charge in [0.05, 0.1) is 29.2 Å². The van der Waals surface area contributed by atoms with Crippen molar-refractivity contribution in [3.05, 3.63) is 51.5 Å². The Morgan fingerprint density at radius 2 is 2.19 bits per heavy atom. The molecule has 0 saturated heterocycles. The smallest absolute Gasteiger partial charge is 0.328 e. The molecule has 26 heavy (non-hydrogen) atoms. The van der Waals surface area contributed by atoms with E-state index in [2.05, 4.69) is 20.0 Å². The van der Waals surface area contributed by atoms with E-state index in [1.54, 1.807) is 30.3 Å². The van der Waals surface area contributed by atoms with Crippen molar-refractivity contribution in [3.63, 3.8) is 0 Å². The van der Waals surface area contributed by atoms with Gasteiger partial charge in [-0.1, -0.05) is 35.3 Å². The molecule has 0 fully saturated rings. The Morgan fingerprint density at radius 3 is 2.92 bits per heavy atom. The molecule has 1 aromatic carbocycles. The highest BCUT2D eigenvalue weighted by atomic mass is 35.5. The molecule has 9 heteroatoms. The zero-order chi connectivity index (χ0) is 18.8. The number of urea groups is 1. The molecule has 2 N–H and O–H groups in total. The maximum atomic E-state index is 12.8. The molecule has 3 rings (SSSR count). The number of carbonyl (C=O) groups is 2. The lowest BCUT2D eigenvalue weighted by Gasteiger charge is -2.36. The van der Waals surface area contributed by atoms with E-state index in [1.165, 1.54) is 7.11 Å². The van der Waals surface area contributed by atoms with Crippen LogP contribution in [0.25, 0.3) is 0 Å². The molecule has 0 spiro atoms. The maximum Gasteiger partial charge on any atom is 0.328 e. The van der Waals surface area contributed by atoms with Gasteiger partial charge in [-0.15, -0.1) is 0 Å². The third kappa shape index (κ3) is 3.37. The number of aromatic nitrogens is 2. The number of hydrogen-bond donors (Lipinski definition) is 2. The molecule has 2 heterocycles. The van der Waals surface area contributed by atoms with Crippen molar-refractivity contribution in [1.29, 1.82) is 0 Å². The van der Waals surface area contributed by atoms with Gasteiger partial charge in [-0.25, -0.2) is 14.6 Å². The second kappa shape index (κ2) is 7.55. The molecular weight excluding hydrogens is 379 g/mol. The summed E-state index contributed by atoms with van der Waals surface area (Å²) in [6, 6.07) is 3.58. The summed E-state index contributed by atoms with van der Waals surface area (Å²) in [6.07, 6.45) is 2.21. The number of aromatic amines is 1. The van der Waals surface area contributed by atoms with Crippen LogP contribution >= 0.6 is 23.2 Å². The van der Waals surface area contributed by atoms with Crippen LogP contribution < -0.4 is 5.32 Å². The lowest BCUT2D eigenvalue weighted by atomic mass is 9.96. The largest absolute Gasteiger partial charge is 0.467 e. The first kappa shape index (κ1) is 18.5. The molecule has 2 aromatic rings. The highest BCUT2D eigenvalue weighted by molar-refractivity contribution is 6.42. The van der Waals surface area contributed by atoms with Crippen LogP contribution in [0.5, 0.6) is 0 Å². The van der Waals surface area contributed by atoms with Crippen LogP contribution in [0.4, 0.5) is 4.79 Å². The molecule has 1 aromatic heterocycles. The first-order chi connectivity index (χ1) is 12.4. The molecule has 1 aliphatic rings. The van der Waals surface area contributed by atoms with Crippen molar-refractivity contribution in [2.75, 3.05) is 13.7 Å². The Balaban J connectivity index is 1.97. The number of esters is 1. The van der Waals surface area contributed by atoms with E-state index in [-0.39, 0.29) is 0 Å². The standard InChI is InChI=1S/C17H18Cl2N4O3/c1-9(16(24)26-2)22-17(25)23-7-6-12-14(21-8-20-12)15(23)10-4-3-5-11(18)13(10)19/h3-5,8-9,15H,6-7H2,1-2H3,(H,20,21)(H,22,25)/t9-,15-/m0/s1. The Labute approximate surface area is 160 Å². The predicted octanol–water partition coefficient (Wildman–Crippen LogP) is 2.94. The molecule has 1 aliphatic heterocycles. The van der Waals surface area contributed by atoms with E-state index < -0.39 is 24.1 Å². The van der Waals surface area contributed by atoms with Crippen LogP contribution in [-0.2, 0) is 16.0 Å². The van der Waals surface area contributed by atoms with E-state index in [0.29, 0.717) is 34.3 Å². The van der Waals surface area contributed by atoms with Gasteiger partial charge in [-0.05, 0) is 13.0 Å². The summed E-state index contributed by atoms with van der Waals surface area (Å²) < 4.78 is 4.66. The minimum atomic E-state index is -0.774. The van der Waals surface area contributed by atoms with Gasteiger partial charge in [-0.3, -0.25) is 0 Å². The number of nitrogens with zero attached hydrogens (tertiary/aromatic N) is 2. The highest BCUT2D eigenvalue weighted by Gasteiger charge is 2.36. The van der Waals surface area contributed by atoms with E-state index in [4.69, 9.17) is 23.2 Å². The molecule has 0 radical (unpaired) electrons.